The van der Waals surface area contributed by atoms with Gasteiger partial charge in [-0.25, -0.2) is 5.43 Å². The van der Waals surface area contributed by atoms with Crippen LogP contribution in [0.1, 0.15) is 21.6 Å². The Bertz CT molecular complexity index is 931. The van der Waals surface area contributed by atoms with E-state index in [1.165, 1.54) is 6.20 Å². The highest BCUT2D eigenvalue weighted by molar-refractivity contribution is 6.01. The lowest BCUT2D eigenvalue weighted by Crippen LogP contribution is -2.34. The van der Waals surface area contributed by atoms with E-state index in [2.05, 4.69) is 25.8 Å². The number of hydrazone groups is 1. The summed E-state index contributed by atoms with van der Waals surface area (Å²) >= 11 is 0. The van der Waals surface area contributed by atoms with Gasteiger partial charge < -0.3 is 10.3 Å². The molecule has 3 N–H and O–H groups in total. The zero-order chi connectivity index (χ0) is 17.6. The van der Waals surface area contributed by atoms with E-state index in [1.807, 2.05) is 31.2 Å². The second-order valence-electron chi connectivity index (χ2n) is 5.43. The molecule has 2 amide bonds. The van der Waals surface area contributed by atoms with Crippen LogP contribution in [0.4, 0.5) is 0 Å². The van der Waals surface area contributed by atoms with Gasteiger partial charge in [0.2, 0.25) is 0 Å². The Morgan fingerprint density at radius 1 is 1.24 bits per heavy atom. The van der Waals surface area contributed by atoms with E-state index in [-0.39, 0.29) is 12.5 Å². The van der Waals surface area contributed by atoms with Gasteiger partial charge in [-0.05, 0) is 25.1 Å². The van der Waals surface area contributed by atoms with E-state index in [4.69, 9.17) is 0 Å². The average Bonchev–Trinajstić information content (AvgIpc) is 2.96. The van der Waals surface area contributed by atoms with Gasteiger partial charge in [-0.3, -0.25) is 14.6 Å². The van der Waals surface area contributed by atoms with E-state index in [1.54, 1.807) is 24.5 Å². The molecule has 1 aromatic carbocycles. The molecule has 0 spiro atoms. The molecule has 126 valence electrons. The van der Waals surface area contributed by atoms with Crippen LogP contribution in [0.3, 0.4) is 0 Å². The summed E-state index contributed by atoms with van der Waals surface area (Å²) in [5.41, 5.74) is 5.69. The molecule has 0 atom stereocenters. The first-order valence-electron chi connectivity index (χ1n) is 7.72. The predicted molar refractivity (Wildman–Crippen MR) is 95.3 cm³/mol. The van der Waals surface area contributed by atoms with Crippen molar-refractivity contribution >= 4 is 28.9 Å². The zero-order valence-electron chi connectivity index (χ0n) is 13.6. The fourth-order valence-corrected chi connectivity index (χ4v) is 2.43. The second-order valence-corrected chi connectivity index (χ2v) is 5.43. The first-order valence-corrected chi connectivity index (χ1v) is 7.72. The summed E-state index contributed by atoms with van der Waals surface area (Å²) in [7, 11) is 0. The van der Waals surface area contributed by atoms with Gasteiger partial charge in [-0.15, -0.1) is 0 Å². The number of aryl methyl sites for hydroxylation is 1. The Morgan fingerprint density at radius 3 is 2.88 bits per heavy atom. The number of aromatic amines is 1. The summed E-state index contributed by atoms with van der Waals surface area (Å²) in [6, 6.07) is 11.1. The number of nitrogens with zero attached hydrogens (tertiary/aromatic N) is 2. The van der Waals surface area contributed by atoms with Crippen molar-refractivity contribution in [3.8, 4) is 0 Å². The number of carbonyl (C=O) groups excluding carboxylic acids is 2. The zero-order valence-corrected chi connectivity index (χ0v) is 13.6. The minimum absolute atomic E-state index is 0.169. The largest absolute Gasteiger partial charge is 0.358 e. The molecule has 0 radical (unpaired) electrons. The van der Waals surface area contributed by atoms with Crippen LogP contribution in [-0.2, 0) is 4.79 Å². The number of para-hydroxylation sites is 1. The number of nitrogens with one attached hydrogen (secondary N) is 3. The summed E-state index contributed by atoms with van der Waals surface area (Å²) in [6.45, 7) is 1.77. The highest BCUT2D eigenvalue weighted by Gasteiger charge is 2.08. The van der Waals surface area contributed by atoms with Crippen LogP contribution in [0.25, 0.3) is 10.9 Å². The number of pyridine rings is 1. The lowest BCUT2D eigenvalue weighted by atomic mass is 10.1. The van der Waals surface area contributed by atoms with Crippen LogP contribution >= 0.6 is 0 Å². The normalized spacial score (nSPS) is 10.9. The lowest BCUT2D eigenvalue weighted by molar-refractivity contribution is -0.120. The Balaban J connectivity index is 1.56. The molecule has 3 aromatic rings. The van der Waals surface area contributed by atoms with Crippen molar-refractivity contribution in [2.75, 3.05) is 6.54 Å². The number of hydrogen-bond donors (Lipinski definition) is 3. The van der Waals surface area contributed by atoms with Crippen molar-refractivity contribution in [2.24, 2.45) is 5.10 Å². The molecule has 0 unspecified atom stereocenters. The van der Waals surface area contributed by atoms with Crippen LogP contribution in [0.2, 0.25) is 0 Å². The monoisotopic (exact) mass is 335 g/mol. The molecule has 0 aliphatic heterocycles. The summed E-state index contributed by atoms with van der Waals surface area (Å²) < 4.78 is 0. The van der Waals surface area contributed by atoms with Crippen LogP contribution in [0, 0.1) is 6.92 Å². The van der Waals surface area contributed by atoms with Crippen molar-refractivity contribution in [3.63, 3.8) is 0 Å². The number of fused-ring (bicyclic) bond motifs is 1. The van der Waals surface area contributed by atoms with Gasteiger partial charge in [-0.1, -0.05) is 18.2 Å². The first kappa shape index (κ1) is 16.4. The maximum absolute atomic E-state index is 11.8. The molecule has 0 saturated carbocycles. The Hall–Kier alpha value is -3.48. The Morgan fingerprint density at radius 2 is 2.08 bits per heavy atom. The number of amides is 2. The first-order chi connectivity index (χ1) is 12.1. The average molecular weight is 335 g/mol. The third-order valence-corrected chi connectivity index (χ3v) is 3.66. The smallest absolute Gasteiger partial charge is 0.259 e. The fraction of sp³-hybridized carbons (Fsp3) is 0.111. The lowest BCUT2D eigenvalue weighted by Gasteiger charge is -2.03. The van der Waals surface area contributed by atoms with E-state index in [0.29, 0.717) is 5.56 Å². The van der Waals surface area contributed by atoms with Crippen molar-refractivity contribution in [1.82, 2.24) is 20.7 Å². The molecule has 0 bridgehead atoms. The quantitative estimate of drug-likeness (QED) is 0.489. The van der Waals surface area contributed by atoms with E-state index >= 15 is 0 Å². The third-order valence-electron chi connectivity index (χ3n) is 3.66. The van der Waals surface area contributed by atoms with Crippen molar-refractivity contribution in [1.29, 1.82) is 0 Å². The third kappa shape index (κ3) is 3.89. The summed E-state index contributed by atoms with van der Waals surface area (Å²) in [5.74, 6) is -0.773. The molecule has 25 heavy (non-hydrogen) atoms. The minimum atomic E-state index is -0.411. The Labute approximate surface area is 144 Å². The molecule has 0 saturated heterocycles. The van der Waals surface area contributed by atoms with Gasteiger partial charge in [0.15, 0.2) is 0 Å². The molecule has 2 aromatic heterocycles. The van der Waals surface area contributed by atoms with Crippen LogP contribution in [0.5, 0.6) is 0 Å². The van der Waals surface area contributed by atoms with Crippen molar-refractivity contribution < 1.29 is 9.59 Å². The highest BCUT2D eigenvalue weighted by atomic mass is 16.2. The van der Waals surface area contributed by atoms with Crippen LogP contribution in [0.15, 0.2) is 53.9 Å². The fourth-order valence-electron chi connectivity index (χ4n) is 2.43. The maximum atomic E-state index is 11.8. The number of carbonyl (C=O) groups is 2. The Kier molecular flexibility index (Phi) is 4.84. The summed E-state index contributed by atoms with van der Waals surface area (Å²) in [4.78, 5) is 30.7. The number of benzene rings is 1. The van der Waals surface area contributed by atoms with Gasteiger partial charge in [-0.2, -0.15) is 5.10 Å². The minimum Gasteiger partial charge on any atom is -0.358 e. The van der Waals surface area contributed by atoms with E-state index in [9.17, 15) is 9.59 Å². The highest BCUT2D eigenvalue weighted by Crippen LogP contribution is 2.19. The summed E-state index contributed by atoms with van der Waals surface area (Å²) in [5, 5.41) is 7.51. The molecule has 0 aliphatic rings. The predicted octanol–water partition coefficient (Wildman–Crippen LogP) is 1.75. The molecular weight excluding hydrogens is 318 g/mol. The van der Waals surface area contributed by atoms with Crippen molar-refractivity contribution in [3.05, 3.63) is 65.6 Å². The van der Waals surface area contributed by atoms with Gasteiger partial charge in [0, 0.05) is 34.6 Å². The molecule has 0 fully saturated rings. The number of aromatic nitrogens is 2. The molecule has 7 heteroatoms. The maximum Gasteiger partial charge on any atom is 0.259 e. The molecule has 7 nitrogen and oxygen atoms in total. The number of H-pyrrole nitrogens is 1. The SMILES string of the molecule is Cc1[nH]c2ccccc2c1/C=N/NC(=O)CNC(=O)c1cccnc1. The van der Waals surface area contributed by atoms with Gasteiger partial charge in [0.05, 0.1) is 18.3 Å². The molecule has 2 heterocycles. The summed E-state index contributed by atoms with van der Waals surface area (Å²) in [6.07, 6.45) is 4.60. The number of rotatable bonds is 5. The van der Waals surface area contributed by atoms with Crippen molar-refractivity contribution in [2.45, 2.75) is 6.92 Å². The van der Waals surface area contributed by atoms with E-state index < -0.39 is 5.91 Å². The van der Waals surface area contributed by atoms with Gasteiger partial charge >= 0.3 is 0 Å². The van der Waals surface area contributed by atoms with Gasteiger partial charge in [0.25, 0.3) is 11.8 Å². The topological polar surface area (TPSA) is 99.2 Å². The standard InChI is InChI=1S/C18H17N5O2/c1-12-15(14-6-2-3-7-16(14)22-12)10-21-23-17(24)11-20-18(25)13-5-4-8-19-9-13/h2-10,22H,11H2,1H3,(H,20,25)(H,23,24)/b21-10+. The second kappa shape index (κ2) is 7.39. The molecular formula is C18H17N5O2. The van der Waals surface area contributed by atoms with Crippen LogP contribution < -0.4 is 10.7 Å². The van der Waals surface area contributed by atoms with Gasteiger partial charge in [0.1, 0.15) is 0 Å². The van der Waals surface area contributed by atoms with E-state index in [0.717, 1.165) is 22.2 Å². The van der Waals surface area contributed by atoms with Crippen LogP contribution in [-0.4, -0.2) is 34.5 Å². The number of hydrogen-bond acceptors (Lipinski definition) is 4. The molecule has 0 aliphatic carbocycles. The molecule has 3 rings (SSSR count).